The number of anilines is 2. The van der Waals surface area contributed by atoms with Crippen molar-refractivity contribution < 1.29 is 9.59 Å². The Morgan fingerprint density at radius 3 is 2.41 bits per heavy atom. The fraction of sp³-hybridized carbons (Fsp3) is 0.391. The van der Waals surface area contributed by atoms with E-state index in [4.69, 9.17) is 0 Å². The highest BCUT2D eigenvalue weighted by Crippen LogP contribution is 2.26. The first-order valence-corrected chi connectivity index (χ1v) is 10.4. The number of amides is 3. The molecule has 2 fully saturated rings. The van der Waals surface area contributed by atoms with Crippen molar-refractivity contribution in [2.75, 3.05) is 30.4 Å². The van der Waals surface area contributed by atoms with E-state index in [0.29, 0.717) is 23.8 Å². The number of carbonyl (C=O) groups excluding carboxylic acids is 2. The van der Waals surface area contributed by atoms with Crippen LogP contribution in [0.5, 0.6) is 0 Å². The molecule has 3 amide bonds. The summed E-state index contributed by atoms with van der Waals surface area (Å²) >= 11 is 0. The van der Waals surface area contributed by atoms with Gasteiger partial charge in [0.2, 0.25) is 0 Å². The van der Waals surface area contributed by atoms with Crippen LogP contribution in [0, 0.1) is 0 Å². The summed E-state index contributed by atoms with van der Waals surface area (Å²) in [5.41, 5.74) is 3.69. The molecule has 1 saturated carbocycles. The van der Waals surface area contributed by atoms with E-state index in [0.717, 1.165) is 25.9 Å². The van der Waals surface area contributed by atoms with Gasteiger partial charge in [0.15, 0.2) is 0 Å². The molecular formula is C23H28N4O2. The fourth-order valence-electron chi connectivity index (χ4n) is 3.74. The lowest BCUT2D eigenvalue weighted by atomic mass is 10.1. The minimum absolute atomic E-state index is 0.0322. The smallest absolute Gasteiger partial charge is 0.319 e. The van der Waals surface area contributed by atoms with Gasteiger partial charge in [0.1, 0.15) is 0 Å². The lowest BCUT2D eigenvalue weighted by Gasteiger charge is -2.24. The monoisotopic (exact) mass is 392 g/mol. The first-order chi connectivity index (χ1) is 14.1. The maximum atomic E-state index is 12.9. The number of rotatable bonds is 6. The summed E-state index contributed by atoms with van der Waals surface area (Å²) < 4.78 is 0. The molecule has 6 heteroatoms. The van der Waals surface area contributed by atoms with E-state index >= 15 is 0 Å². The molecule has 0 unspecified atom stereocenters. The van der Waals surface area contributed by atoms with Gasteiger partial charge >= 0.3 is 6.03 Å². The molecule has 2 N–H and O–H groups in total. The summed E-state index contributed by atoms with van der Waals surface area (Å²) in [7, 11) is 1.83. The van der Waals surface area contributed by atoms with E-state index in [1.807, 2.05) is 13.1 Å². The zero-order valence-corrected chi connectivity index (χ0v) is 16.9. The van der Waals surface area contributed by atoms with Crippen LogP contribution in [-0.2, 0) is 6.54 Å². The Balaban J connectivity index is 1.38. The molecule has 1 heterocycles. The maximum absolute atomic E-state index is 12.9. The largest absolute Gasteiger partial charge is 0.371 e. The number of nitrogens with zero attached hydrogens (tertiary/aromatic N) is 2. The summed E-state index contributed by atoms with van der Waals surface area (Å²) in [6.45, 7) is 2.73. The number of hydrogen-bond acceptors (Lipinski definition) is 3. The number of carbonyl (C=O) groups is 2. The van der Waals surface area contributed by atoms with Gasteiger partial charge in [-0.25, -0.2) is 4.79 Å². The molecule has 1 aliphatic heterocycles. The number of hydrogen-bond donors (Lipinski definition) is 2. The Morgan fingerprint density at radius 1 is 1.03 bits per heavy atom. The topological polar surface area (TPSA) is 64.7 Å². The zero-order valence-electron chi connectivity index (χ0n) is 16.9. The Bertz CT molecular complexity index is 871. The molecule has 152 valence electrons. The van der Waals surface area contributed by atoms with E-state index in [1.165, 1.54) is 24.1 Å². The Kier molecular flexibility index (Phi) is 5.69. The van der Waals surface area contributed by atoms with Gasteiger partial charge in [-0.2, -0.15) is 0 Å². The summed E-state index contributed by atoms with van der Waals surface area (Å²) in [4.78, 5) is 28.9. The quantitative estimate of drug-likeness (QED) is 0.785. The van der Waals surface area contributed by atoms with Crippen molar-refractivity contribution in [3.63, 3.8) is 0 Å². The van der Waals surface area contributed by atoms with Crippen molar-refractivity contribution in [2.24, 2.45) is 0 Å². The van der Waals surface area contributed by atoms with Gasteiger partial charge in [-0.05, 0) is 61.6 Å². The van der Waals surface area contributed by atoms with Crippen molar-refractivity contribution in [3.05, 3.63) is 59.7 Å². The van der Waals surface area contributed by atoms with E-state index in [-0.39, 0.29) is 11.9 Å². The molecule has 2 aromatic rings. The SMILES string of the molecule is CN(Cc1ccccc1N1CCCC1)C(=O)c1ccc(NC(=O)NC2CC2)cc1. The van der Waals surface area contributed by atoms with Crippen molar-refractivity contribution in [1.82, 2.24) is 10.2 Å². The lowest BCUT2D eigenvalue weighted by molar-refractivity contribution is 0.0785. The Hall–Kier alpha value is -3.02. The average Bonchev–Trinajstić information content (AvgIpc) is 3.37. The third kappa shape index (κ3) is 4.88. The van der Waals surface area contributed by atoms with Gasteiger partial charge in [-0.1, -0.05) is 18.2 Å². The van der Waals surface area contributed by atoms with E-state index in [1.54, 1.807) is 29.2 Å². The number of nitrogens with one attached hydrogen (secondary N) is 2. The first-order valence-electron chi connectivity index (χ1n) is 10.4. The molecule has 1 aliphatic carbocycles. The van der Waals surface area contributed by atoms with E-state index in [2.05, 4.69) is 33.7 Å². The van der Waals surface area contributed by atoms with Gasteiger partial charge in [0, 0.05) is 49.7 Å². The molecule has 29 heavy (non-hydrogen) atoms. The molecule has 2 aliphatic rings. The van der Waals surface area contributed by atoms with Gasteiger partial charge in [-0.15, -0.1) is 0 Å². The maximum Gasteiger partial charge on any atom is 0.319 e. The van der Waals surface area contributed by atoms with E-state index in [9.17, 15) is 9.59 Å². The molecule has 6 nitrogen and oxygen atoms in total. The normalized spacial score (nSPS) is 15.8. The van der Waals surface area contributed by atoms with Crippen LogP contribution >= 0.6 is 0 Å². The summed E-state index contributed by atoms with van der Waals surface area (Å²) in [5, 5.41) is 5.69. The molecule has 4 rings (SSSR count). The fourth-order valence-corrected chi connectivity index (χ4v) is 3.74. The van der Waals surface area contributed by atoms with Crippen LogP contribution in [0.25, 0.3) is 0 Å². The molecule has 1 saturated heterocycles. The second-order valence-corrected chi connectivity index (χ2v) is 7.93. The molecule has 0 aromatic heterocycles. The van der Waals surface area contributed by atoms with Gasteiger partial charge in [0.25, 0.3) is 5.91 Å². The van der Waals surface area contributed by atoms with Crippen molar-refractivity contribution in [3.8, 4) is 0 Å². The predicted octanol–water partition coefficient (Wildman–Crippen LogP) is 3.84. The molecule has 0 radical (unpaired) electrons. The minimum atomic E-state index is -0.192. The lowest BCUT2D eigenvalue weighted by Crippen LogP contribution is -2.30. The van der Waals surface area contributed by atoms with Crippen LogP contribution in [0.15, 0.2) is 48.5 Å². The predicted molar refractivity (Wildman–Crippen MR) is 115 cm³/mol. The van der Waals surface area contributed by atoms with Crippen molar-refractivity contribution in [1.29, 1.82) is 0 Å². The van der Waals surface area contributed by atoms with Crippen LogP contribution in [-0.4, -0.2) is 43.0 Å². The first kappa shape index (κ1) is 19.3. The highest BCUT2D eigenvalue weighted by Gasteiger charge is 2.23. The Labute approximate surface area is 171 Å². The van der Waals surface area contributed by atoms with Crippen molar-refractivity contribution in [2.45, 2.75) is 38.3 Å². The minimum Gasteiger partial charge on any atom is -0.371 e. The van der Waals surface area contributed by atoms with Crippen LogP contribution in [0.3, 0.4) is 0 Å². The summed E-state index contributed by atoms with van der Waals surface area (Å²) in [6, 6.07) is 15.5. The zero-order chi connectivity index (χ0) is 20.2. The number of benzene rings is 2. The van der Waals surface area contributed by atoms with Crippen molar-refractivity contribution >= 4 is 23.3 Å². The van der Waals surface area contributed by atoms with Crippen LogP contribution in [0.2, 0.25) is 0 Å². The molecule has 0 spiro atoms. The molecule has 0 atom stereocenters. The number of para-hydroxylation sites is 1. The van der Waals surface area contributed by atoms with E-state index < -0.39 is 0 Å². The second kappa shape index (κ2) is 8.55. The van der Waals surface area contributed by atoms with Gasteiger partial charge in [-0.3, -0.25) is 4.79 Å². The standard InChI is InChI=1S/C23H28N4O2/c1-26(16-18-6-2-3-7-21(18)27-14-4-5-15-27)22(28)17-8-10-19(11-9-17)24-23(29)25-20-12-13-20/h2-3,6-11,20H,4-5,12-16H2,1H3,(H2,24,25,29). The molecular weight excluding hydrogens is 364 g/mol. The Morgan fingerprint density at radius 2 is 1.72 bits per heavy atom. The second-order valence-electron chi connectivity index (χ2n) is 7.93. The summed E-state index contributed by atoms with van der Waals surface area (Å²) in [5.74, 6) is -0.0322. The summed E-state index contributed by atoms with van der Waals surface area (Å²) in [6.07, 6.45) is 4.55. The molecule has 2 aromatic carbocycles. The number of urea groups is 1. The highest BCUT2D eigenvalue weighted by atomic mass is 16.2. The highest BCUT2D eigenvalue weighted by molar-refractivity contribution is 5.95. The van der Waals surface area contributed by atoms with Gasteiger partial charge < -0.3 is 20.4 Å². The van der Waals surface area contributed by atoms with Crippen LogP contribution in [0.4, 0.5) is 16.2 Å². The third-order valence-electron chi connectivity index (χ3n) is 5.49. The van der Waals surface area contributed by atoms with Gasteiger partial charge in [0.05, 0.1) is 0 Å². The van der Waals surface area contributed by atoms with Crippen LogP contribution in [0.1, 0.15) is 41.6 Å². The average molecular weight is 393 g/mol. The van der Waals surface area contributed by atoms with Crippen LogP contribution < -0.4 is 15.5 Å². The molecule has 0 bridgehead atoms. The third-order valence-corrected chi connectivity index (χ3v) is 5.49.